The number of carbonyl (C=O) groups excluding carboxylic acids is 1. The van der Waals surface area contributed by atoms with Gasteiger partial charge < -0.3 is 10.1 Å². The van der Waals surface area contributed by atoms with E-state index in [0.29, 0.717) is 27.3 Å². The minimum absolute atomic E-state index is 0.0999. The average molecular weight is 439 g/mol. The Kier molecular flexibility index (Phi) is 6.71. The van der Waals surface area contributed by atoms with Crippen LogP contribution in [0.5, 0.6) is 5.75 Å². The van der Waals surface area contributed by atoms with Crippen LogP contribution in [0.15, 0.2) is 35.6 Å². The highest BCUT2D eigenvalue weighted by Crippen LogP contribution is 2.28. The lowest BCUT2D eigenvalue weighted by Gasteiger charge is -2.09. The van der Waals surface area contributed by atoms with Crippen LogP contribution in [0.25, 0.3) is 0 Å². The zero-order chi connectivity index (χ0) is 20.1. The van der Waals surface area contributed by atoms with Crippen molar-refractivity contribution in [2.45, 2.75) is 18.6 Å². The lowest BCUT2D eigenvalue weighted by molar-refractivity contribution is -0.113. The second kappa shape index (κ2) is 9.22. The van der Waals surface area contributed by atoms with Crippen molar-refractivity contribution in [2.24, 2.45) is 0 Å². The van der Waals surface area contributed by atoms with Crippen LogP contribution >= 0.6 is 35.0 Å². The van der Waals surface area contributed by atoms with Crippen LogP contribution in [-0.2, 0) is 11.3 Å². The summed E-state index contributed by atoms with van der Waals surface area (Å²) in [7, 11) is 1.62. The van der Waals surface area contributed by atoms with E-state index in [-0.39, 0.29) is 17.5 Å². The number of hydrogen-bond acceptors (Lipinski definition) is 7. The molecule has 0 atom stereocenters. The van der Waals surface area contributed by atoms with E-state index in [1.807, 2.05) is 24.3 Å². The third kappa shape index (κ3) is 4.92. The number of halogens is 2. The Bertz CT molecular complexity index is 980. The maximum absolute atomic E-state index is 12.2. The van der Waals surface area contributed by atoms with Gasteiger partial charge in [0.15, 0.2) is 5.82 Å². The van der Waals surface area contributed by atoms with E-state index in [2.05, 4.69) is 25.8 Å². The van der Waals surface area contributed by atoms with Gasteiger partial charge in [-0.05, 0) is 40.6 Å². The number of methoxy groups -OCH3 is 1. The first-order valence-corrected chi connectivity index (χ1v) is 9.84. The highest BCUT2D eigenvalue weighted by Gasteiger charge is 2.14. The van der Waals surface area contributed by atoms with Gasteiger partial charge in [0, 0.05) is 6.20 Å². The maximum atomic E-state index is 12.2. The number of carbonyl (C=O) groups is 1. The number of thioether (sulfide) groups is 1. The molecule has 0 bridgehead atoms. The van der Waals surface area contributed by atoms with Crippen molar-refractivity contribution in [2.75, 3.05) is 18.2 Å². The van der Waals surface area contributed by atoms with E-state index in [4.69, 9.17) is 27.9 Å². The molecule has 1 N–H and O–H groups in total. The van der Waals surface area contributed by atoms with Crippen molar-refractivity contribution in [3.8, 4) is 5.75 Å². The molecule has 0 saturated heterocycles. The lowest BCUT2D eigenvalue weighted by atomic mass is 10.2. The van der Waals surface area contributed by atoms with Crippen LogP contribution < -0.4 is 10.1 Å². The molecule has 0 unspecified atom stereocenters. The molecule has 0 saturated carbocycles. The molecule has 0 spiro atoms. The van der Waals surface area contributed by atoms with Gasteiger partial charge in [0.05, 0.1) is 29.5 Å². The summed E-state index contributed by atoms with van der Waals surface area (Å²) in [5.41, 5.74) is 1.66. The minimum Gasteiger partial charge on any atom is -0.497 e. The molecular formula is C17H16Cl2N6O2S. The van der Waals surface area contributed by atoms with Crippen molar-refractivity contribution in [3.63, 3.8) is 0 Å². The number of nitrogens with zero attached hydrogens (tertiary/aromatic N) is 5. The van der Waals surface area contributed by atoms with Crippen LogP contribution in [0.3, 0.4) is 0 Å². The summed E-state index contributed by atoms with van der Waals surface area (Å²) < 4.78 is 6.77. The number of hydrogen-bond donors (Lipinski definition) is 1. The molecule has 146 valence electrons. The monoisotopic (exact) mass is 438 g/mol. The van der Waals surface area contributed by atoms with Crippen LogP contribution in [0.1, 0.15) is 11.1 Å². The molecule has 2 aromatic heterocycles. The van der Waals surface area contributed by atoms with Crippen molar-refractivity contribution in [1.82, 2.24) is 25.2 Å². The van der Waals surface area contributed by atoms with Crippen LogP contribution in [0.2, 0.25) is 10.0 Å². The number of amides is 1. The van der Waals surface area contributed by atoms with Gasteiger partial charge in [0.1, 0.15) is 5.75 Å². The molecule has 1 amide bonds. The zero-order valence-corrected chi connectivity index (χ0v) is 17.3. The van der Waals surface area contributed by atoms with Gasteiger partial charge >= 0.3 is 0 Å². The Morgan fingerprint density at radius 3 is 2.75 bits per heavy atom. The standard InChI is InChI=1S/C17H16Cl2N6O2S/c1-10-13(18)7-20-16(15(10)19)21-14(26)9-28-17-22-23-24-25(17)8-11-3-5-12(27-2)6-4-11/h3-7H,8-9H2,1-2H3,(H,20,21,26). The number of nitrogens with one attached hydrogen (secondary N) is 1. The van der Waals surface area contributed by atoms with Crippen LogP contribution in [0, 0.1) is 6.92 Å². The molecule has 2 heterocycles. The maximum Gasteiger partial charge on any atom is 0.236 e. The summed E-state index contributed by atoms with van der Waals surface area (Å²) in [6, 6.07) is 7.59. The van der Waals surface area contributed by atoms with Crippen molar-refractivity contribution in [1.29, 1.82) is 0 Å². The van der Waals surface area contributed by atoms with Gasteiger partial charge in [-0.15, -0.1) is 5.10 Å². The number of tetrazole rings is 1. The molecule has 0 radical (unpaired) electrons. The van der Waals surface area contributed by atoms with E-state index in [1.54, 1.807) is 18.7 Å². The van der Waals surface area contributed by atoms with Gasteiger partial charge in [-0.1, -0.05) is 47.1 Å². The molecule has 0 aliphatic carbocycles. The Morgan fingerprint density at radius 2 is 2.04 bits per heavy atom. The quantitative estimate of drug-likeness (QED) is 0.564. The minimum atomic E-state index is -0.278. The van der Waals surface area contributed by atoms with E-state index in [9.17, 15) is 4.79 Å². The Labute approximate surface area is 175 Å². The molecule has 0 aliphatic rings. The largest absolute Gasteiger partial charge is 0.497 e. The summed E-state index contributed by atoms with van der Waals surface area (Å²) in [5, 5.41) is 15.6. The zero-order valence-electron chi connectivity index (χ0n) is 15.0. The fraction of sp³-hybridized carbons (Fsp3) is 0.235. The highest BCUT2D eigenvalue weighted by molar-refractivity contribution is 7.99. The number of ether oxygens (including phenoxy) is 1. The molecule has 0 fully saturated rings. The Hall–Kier alpha value is -2.36. The summed E-state index contributed by atoms with van der Waals surface area (Å²) in [6.07, 6.45) is 1.45. The number of pyridine rings is 1. The van der Waals surface area contributed by atoms with Crippen LogP contribution in [0.4, 0.5) is 5.82 Å². The average Bonchev–Trinajstić information content (AvgIpc) is 3.14. The summed E-state index contributed by atoms with van der Waals surface area (Å²) >= 11 is 13.3. The predicted molar refractivity (Wildman–Crippen MR) is 108 cm³/mol. The first-order valence-electron chi connectivity index (χ1n) is 8.10. The van der Waals surface area contributed by atoms with E-state index < -0.39 is 0 Å². The molecule has 0 aliphatic heterocycles. The summed E-state index contributed by atoms with van der Waals surface area (Å²) in [6.45, 7) is 2.23. The Balaban J connectivity index is 1.60. The molecule has 28 heavy (non-hydrogen) atoms. The SMILES string of the molecule is COc1ccc(Cn2nnnc2SCC(=O)Nc2ncc(Cl)c(C)c2Cl)cc1. The van der Waals surface area contributed by atoms with Crippen molar-refractivity contribution >= 4 is 46.7 Å². The molecule has 3 aromatic rings. The highest BCUT2D eigenvalue weighted by atomic mass is 35.5. The van der Waals surface area contributed by atoms with Gasteiger partial charge in [-0.25, -0.2) is 9.67 Å². The van der Waals surface area contributed by atoms with Crippen LogP contribution in [-0.4, -0.2) is 44.0 Å². The molecule has 1 aromatic carbocycles. The van der Waals surface area contributed by atoms with E-state index >= 15 is 0 Å². The predicted octanol–water partition coefficient (Wildman–Crippen LogP) is 3.47. The van der Waals surface area contributed by atoms with E-state index in [1.165, 1.54) is 18.0 Å². The molecule has 8 nitrogen and oxygen atoms in total. The third-order valence-electron chi connectivity index (χ3n) is 3.78. The van der Waals surface area contributed by atoms with Crippen molar-refractivity contribution in [3.05, 3.63) is 51.6 Å². The van der Waals surface area contributed by atoms with E-state index in [0.717, 1.165) is 11.3 Å². The second-order valence-corrected chi connectivity index (χ2v) is 7.43. The third-order valence-corrected chi connectivity index (χ3v) is 5.58. The summed E-state index contributed by atoms with van der Waals surface area (Å²) in [5.74, 6) is 0.867. The van der Waals surface area contributed by atoms with Crippen molar-refractivity contribution < 1.29 is 9.53 Å². The smallest absolute Gasteiger partial charge is 0.236 e. The fourth-order valence-electron chi connectivity index (χ4n) is 2.25. The number of anilines is 1. The topological polar surface area (TPSA) is 94.8 Å². The number of aromatic nitrogens is 5. The molecule has 3 rings (SSSR count). The van der Waals surface area contributed by atoms with Gasteiger partial charge in [0.25, 0.3) is 0 Å². The van der Waals surface area contributed by atoms with Gasteiger partial charge in [0.2, 0.25) is 11.1 Å². The second-order valence-electron chi connectivity index (χ2n) is 5.70. The summed E-state index contributed by atoms with van der Waals surface area (Å²) in [4.78, 5) is 16.3. The van der Waals surface area contributed by atoms with Gasteiger partial charge in [-0.2, -0.15) is 0 Å². The first-order chi connectivity index (χ1) is 13.5. The van der Waals surface area contributed by atoms with Gasteiger partial charge in [-0.3, -0.25) is 4.79 Å². The Morgan fingerprint density at radius 1 is 1.29 bits per heavy atom. The normalized spacial score (nSPS) is 10.7. The lowest BCUT2D eigenvalue weighted by Crippen LogP contribution is -2.16. The number of rotatable bonds is 7. The first kappa shape index (κ1) is 20.4. The molecular weight excluding hydrogens is 423 g/mol. The number of benzene rings is 1. The fourth-order valence-corrected chi connectivity index (χ4v) is 3.31. The molecule has 11 heteroatoms.